The Bertz CT molecular complexity index is 1540. The van der Waals surface area contributed by atoms with Gasteiger partial charge in [-0.05, 0) is 76.3 Å². The number of ether oxygens (including phenoxy) is 2. The topological polar surface area (TPSA) is 164 Å². The van der Waals surface area contributed by atoms with Crippen molar-refractivity contribution in [1.29, 1.82) is 0 Å². The smallest absolute Gasteiger partial charge is 0.389 e. The molecule has 4 atom stereocenters. The van der Waals surface area contributed by atoms with Gasteiger partial charge in [0.25, 0.3) is 5.91 Å². The summed E-state index contributed by atoms with van der Waals surface area (Å²) in [7, 11) is 1.44. The second-order valence-corrected chi connectivity index (χ2v) is 14.1. The first kappa shape index (κ1) is 44.0. The van der Waals surface area contributed by atoms with Crippen molar-refractivity contribution in [2.24, 2.45) is 5.92 Å². The molecule has 0 saturated carbocycles. The van der Waals surface area contributed by atoms with Gasteiger partial charge in [0.1, 0.15) is 5.75 Å². The fraction of sp³-hybridized carbons (Fsp3) is 0.590. The molecule has 3 rings (SSSR count). The maximum atomic E-state index is 14.3. The maximum Gasteiger partial charge on any atom is 0.389 e. The number of anilines is 3. The summed E-state index contributed by atoms with van der Waals surface area (Å²) in [5.74, 6) is -1.61. The lowest BCUT2D eigenvalue weighted by atomic mass is 10.0. The highest BCUT2D eigenvalue weighted by molar-refractivity contribution is 6.00. The zero-order valence-corrected chi connectivity index (χ0v) is 31.8. The van der Waals surface area contributed by atoms with Crippen molar-refractivity contribution in [3.05, 3.63) is 48.0 Å². The molecule has 300 valence electrons. The number of rotatable bonds is 14. The van der Waals surface area contributed by atoms with Crippen LogP contribution in [0.4, 0.5) is 30.2 Å². The number of benzene rings is 2. The largest absolute Gasteiger partial charge is 0.490 e. The van der Waals surface area contributed by atoms with E-state index in [-0.39, 0.29) is 56.0 Å². The number of unbranched alkanes of at least 4 members (excludes halogenated alkanes) is 2. The molecule has 12 nitrogen and oxygen atoms in total. The minimum absolute atomic E-state index is 0.0235. The van der Waals surface area contributed by atoms with E-state index in [0.717, 1.165) is 6.42 Å². The third-order valence-corrected chi connectivity index (χ3v) is 9.38. The molecular formula is C39H56F3N5O7. The van der Waals surface area contributed by atoms with Gasteiger partial charge < -0.3 is 40.7 Å². The van der Waals surface area contributed by atoms with Crippen LogP contribution in [-0.4, -0.2) is 96.3 Å². The number of carbonyl (C=O) groups is 4. The summed E-state index contributed by atoms with van der Waals surface area (Å²) in [5, 5.41) is 15.8. The van der Waals surface area contributed by atoms with Crippen LogP contribution in [0, 0.1) is 5.92 Å². The fourth-order valence-corrected chi connectivity index (χ4v) is 6.07. The third-order valence-electron chi connectivity index (χ3n) is 9.38. The van der Waals surface area contributed by atoms with Crippen molar-refractivity contribution >= 4 is 40.7 Å². The molecule has 0 radical (unpaired) electrons. The van der Waals surface area contributed by atoms with Crippen LogP contribution in [0.25, 0.3) is 0 Å². The van der Waals surface area contributed by atoms with Crippen LogP contribution in [0.2, 0.25) is 0 Å². The standard InChI is InChI=1S/C39H56F3N5O7/c1-26-23-47(27(2)25-48)38(52)30-22-29(44-35(49)15-6-5-7-16-36(50)45-32-14-9-8-13-31(32)43)17-18-33(30)54-28(3)12-10-11-21-53-34(26)24-46(4)37(51)19-20-39(40,41)42/h8-9,13-14,17-18,22,26-28,34,48H,5-7,10-12,15-16,19-21,23-25,43H2,1-4H3,(H,44,49)(H,45,50)/t26-,27-,28+,34+/m0/s1. The molecule has 1 aliphatic rings. The summed E-state index contributed by atoms with van der Waals surface area (Å²) in [4.78, 5) is 54.8. The number of amides is 4. The molecule has 2 aromatic rings. The van der Waals surface area contributed by atoms with E-state index in [0.29, 0.717) is 61.5 Å². The summed E-state index contributed by atoms with van der Waals surface area (Å²) in [6.07, 6.45) is -2.92. The number of aliphatic hydroxyl groups excluding tert-OH is 1. The van der Waals surface area contributed by atoms with Gasteiger partial charge in [0.2, 0.25) is 17.7 Å². The van der Waals surface area contributed by atoms with Crippen LogP contribution < -0.4 is 21.1 Å². The summed E-state index contributed by atoms with van der Waals surface area (Å²) < 4.78 is 50.8. The van der Waals surface area contributed by atoms with Gasteiger partial charge >= 0.3 is 6.18 Å². The Kier molecular flexibility index (Phi) is 17.5. The fourth-order valence-electron chi connectivity index (χ4n) is 6.07. The van der Waals surface area contributed by atoms with Gasteiger partial charge in [-0.25, -0.2) is 0 Å². The number of hydrogen-bond acceptors (Lipinski definition) is 8. The summed E-state index contributed by atoms with van der Waals surface area (Å²) in [6, 6.07) is 11.2. The minimum atomic E-state index is -4.45. The van der Waals surface area contributed by atoms with E-state index in [1.54, 1.807) is 49.4 Å². The first-order valence-corrected chi connectivity index (χ1v) is 18.7. The number of fused-ring (bicyclic) bond motifs is 1. The van der Waals surface area contributed by atoms with Crippen molar-refractivity contribution in [3.63, 3.8) is 0 Å². The Morgan fingerprint density at radius 3 is 2.37 bits per heavy atom. The molecule has 0 unspecified atom stereocenters. The Morgan fingerprint density at radius 1 is 1.02 bits per heavy atom. The molecule has 0 saturated heterocycles. The van der Waals surface area contributed by atoms with Gasteiger partial charge in [-0.2, -0.15) is 13.2 Å². The zero-order chi connectivity index (χ0) is 39.8. The van der Waals surface area contributed by atoms with E-state index in [2.05, 4.69) is 10.6 Å². The molecule has 0 spiro atoms. The molecule has 5 N–H and O–H groups in total. The predicted molar refractivity (Wildman–Crippen MR) is 201 cm³/mol. The Hall–Kier alpha value is -4.37. The molecule has 0 bridgehead atoms. The Labute approximate surface area is 315 Å². The number of nitrogens with one attached hydrogen (secondary N) is 2. The summed E-state index contributed by atoms with van der Waals surface area (Å²) in [6.45, 7) is 5.51. The van der Waals surface area contributed by atoms with Gasteiger partial charge in [-0.1, -0.05) is 25.5 Å². The number of nitrogen functional groups attached to an aromatic ring is 1. The highest BCUT2D eigenvalue weighted by Gasteiger charge is 2.32. The molecule has 15 heteroatoms. The van der Waals surface area contributed by atoms with Gasteiger partial charge in [0, 0.05) is 57.6 Å². The molecule has 54 heavy (non-hydrogen) atoms. The van der Waals surface area contributed by atoms with Crippen LogP contribution in [-0.2, 0) is 19.1 Å². The summed E-state index contributed by atoms with van der Waals surface area (Å²) in [5.41, 5.74) is 7.49. The lowest BCUT2D eigenvalue weighted by molar-refractivity contribution is -0.149. The average Bonchev–Trinajstić information content (AvgIpc) is 3.12. The Balaban J connectivity index is 1.71. The van der Waals surface area contributed by atoms with Gasteiger partial charge in [0.15, 0.2) is 0 Å². The number of halogens is 3. The van der Waals surface area contributed by atoms with Gasteiger partial charge in [-0.3, -0.25) is 19.2 Å². The SMILES string of the molecule is C[C@@H]1CCCCO[C@H](CN(C)C(=O)CCC(F)(F)F)[C@@H](C)CN([C@@H](C)CO)C(=O)c2cc(NC(=O)CCCCCC(=O)Nc3ccccc3N)ccc2O1. The van der Waals surface area contributed by atoms with Crippen LogP contribution in [0.1, 0.15) is 95.3 Å². The van der Waals surface area contributed by atoms with Crippen LogP contribution in [0.5, 0.6) is 5.75 Å². The molecule has 0 aromatic heterocycles. The molecule has 0 fully saturated rings. The lowest BCUT2D eigenvalue weighted by Gasteiger charge is -2.36. The number of nitrogens with two attached hydrogens (primary N) is 1. The second kappa shape index (κ2) is 21.5. The number of likely N-dealkylation sites (N-methyl/N-ethyl adjacent to an activating group) is 1. The van der Waals surface area contributed by atoms with Crippen molar-refractivity contribution in [3.8, 4) is 5.75 Å². The van der Waals surface area contributed by atoms with Crippen LogP contribution in [0.15, 0.2) is 42.5 Å². The van der Waals surface area contributed by atoms with Crippen LogP contribution >= 0.6 is 0 Å². The predicted octanol–water partition coefficient (Wildman–Crippen LogP) is 6.39. The van der Waals surface area contributed by atoms with E-state index in [1.807, 2.05) is 13.8 Å². The molecule has 1 heterocycles. The van der Waals surface area contributed by atoms with Crippen molar-refractivity contribution < 1.29 is 46.9 Å². The van der Waals surface area contributed by atoms with Crippen molar-refractivity contribution in [2.45, 2.75) is 109 Å². The zero-order valence-electron chi connectivity index (χ0n) is 31.8. The van der Waals surface area contributed by atoms with Crippen molar-refractivity contribution in [2.75, 3.05) is 49.7 Å². The lowest BCUT2D eigenvalue weighted by Crippen LogP contribution is -2.48. The molecule has 0 aliphatic carbocycles. The minimum Gasteiger partial charge on any atom is -0.490 e. The van der Waals surface area contributed by atoms with E-state index >= 15 is 0 Å². The van der Waals surface area contributed by atoms with Crippen LogP contribution in [0.3, 0.4) is 0 Å². The number of nitrogens with zero attached hydrogens (tertiary/aromatic N) is 2. The first-order valence-electron chi connectivity index (χ1n) is 18.7. The maximum absolute atomic E-state index is 14.3. The molecule has 4 amide bonds. The number of hydrogen-bond donors (Lipinski definition) is 4. The number of para-hydroxylation sites is 2. The third kappa shape index (κ3) is 14.8. The van der Waals surface area contributed by atoms with E-state index < -0.39 is 48.9 Å². The highest BCUT2D eigenvalue weighted by atomic mass is 19.4. The second-order valence-electron chi connectivity index (χ2n) is 14.1. The average molecular weight is 764 g/mol. The van der Waals surface area contributed by atoms with E-state index in [4.69, 9.17) is 15.2 Å². The monoisotopic (exact) mass is 763 g/mol. The first-order chi connectivity index (χ1) is 25.6. The van der Waals surface area contributed by atoms with Crippen molar-refractivity contribution in [1.82, 2.24) is 9.80 Å². The van der Waals surface area contributed by atoms with Gasteiger partial charge in [-0.15, -0.1) is 0 Å². The van der Waals surface area contributed by atoms with E-state index in [1.165, 1.54) is 16.8 Å². The number of alkyl halides is 3. The highest BCUT2D eigenvalue weighted by Crippen LogP contribution is 2.29. The molecule has 1 aliphatic heterocycles. The number of aliphatic hydroxyl groups is 1. The van der Waals surface area contributed by atoms with Gasteiger partial charge in [0.05, 0.1) is 48.2 Å². The molecular weight excluding hydrogens is 707 g/mol. The number of carbonyl (C=O) groups excluding carboxylic acids is 4. The summed E-state index contributed by atoms with van der Waals surface area (Å²) >= 11 is 0. The Morgan fingerprint density at radius 2 is 1.70 bits per heavy atom. The normalized spacial score (nSPS) is 19.1. The van der Waals surface area contributed by atoms with E-state index in [9.17, 15) is 37.5 Å². The quantitative estimate of drug-likeness (QED) is 0.127. The molecule has 2 aromatic carbocycles.